The van der Waals surface area contributed by atoms with E-state index in [-0.39, 0.29) is 30.8 Å². The standard InChI is InChI=1S/C24H25FN2O4/c1-2-15-14-31-21(13-20(15)26-24(29)30)23(28)27-12-11-16-5-3-4-6-19(16)22(27)17-7-9-18(25)10-8-17/h2-10,20-22,26H,11-14H2,1H3,(H,29,30)/t20-,21+,22-/m0/s1. The van der Waals surface area contributed by atoms with Crippen molar-refractivity contribution >= 4 is 12.0 Å². The minimum atomic E-state index is -1.13. The second-order valence-corrected chi connectivity index (χ2v) is 7.84. The number of rotatable bonds is 3. The Balaban J connectivity index is 1.64. The topological polar surface area (TPSA) is 78.9 Å². The van der Waals surface area contributed by atoms with E-state index in [4.69, 9.17) is 9.84 Å². The largest absolute Gasteiger partial charge is 0.465 e. The molecule has 0 aromatic heterocycles. The van der Waals surface area contributed by atoms with Crippen molar-refractivity contribution in [3.05, 3.63) is 82.7 Å². The number of benzene rings is 2. The quantitative estimate of drug-likeness (QED) is 0.737. The Morgan fingerprint density at radius 2 is 1.94 bits per heavy atom. The van der Waals surface area contributed by atoms with Crippen molar-refractivity contribution in [2.24, 2.45) is 0 Å². The van der Waals surface area contributed by atoms with Crippen LogP contribution in [0.4, 0.5) is 9.18 Å². The van der Waals surface area contributed by atoms with Crippen LogP contribution in [0.25, 0.3) is 0 Å². The Bertz CT molecular complexity index is 1000. The summed E-state index contributed by atoms with van der Waals surface area (Å²) in [4.78, 5) is 26.6. The van der Waals surface area contributed by atoms with Crippen LogP contribution < -0.4 is 5.32 Å². The smallest absolute Gasteiger partial charge is 0.405 e. The van der Waals surface area contributed by atoms with Gasteiger partial charge in [-0.05, 0) is 47.7 Å². The zero-order valence-electron chi connectivity index (χ0n) is 17.3. The van der Waals surface area contributed by atoms with Crippen molar-refractivity contribution in [3.8, 4) is 0 Å². The van der Waals surface area contributed by atoms with Gasteiger partial charge >= 0.3 is 6.09 Å². The average Bonchev–Trinajstić information content (AvgIpc) is 2.78. The van der Waals surface area contributed by atoms with Gasteiger partial charge in [-0.2, -0.15) is 0 Å². The van der Waals surface area contributed by atoms with Crippen LogP contribution >= 0.6 is 0 Å². The van der Waals surface area contributed by atoms with Crippen molar-refractivity contribution in [1.29, 1.82) is 0 Å². The minimum absolute atomic E-state index is 0.184. The molecule has 0 radical (unpaired) electrons. The Labute approximate surface area is 180 Å². The maximum Gasteiger partial charge on any atom is 0.405 e. The van der Waals surface area contributed by atoms with Crippen molar-refractivity contribution in [2.75, 3.05) is 13.2 Å². The van der Waals surface area contributed by atoms with Crippen LogP contribution in [0.5, 0.6) is 0 Å². The van der Waals surface area contributed by atoms with Crippen LogP contribution in [0.15, 0.2) is 60.2 Å². The Hall–Kier alpha value is -3.19. The van der Waals surface area contributed by atoms with Gasteiger partial charge in [0.2, 0.25) is 0 Å². The van der Waals surface area contributed by atoms with E-state index in [2.05, 4.69) is 11.4 Å². The monoisotopic (exact) mass is 424 g/mol. The first kappa shape index (κ1) is 21.1. The van der Waals surface area contributed by atoms with Crippen LogP contribution in [-0.4, -0.2) is 47.3 Å². The number of ether oxygens (including phenoxy) is 1. The number of allylic oxidation sites excluding steroid dienone is 1. The maximum atomic E-state index is 13.6. The Morgan fingerprint density at radius 3 is 2.65 bits per heavy atom. The lowest BCUT2D eigenvalue weighted by Gasteiger charge is -2.41. The number of nitrogens with one attached hydrogen (secondary N) is 1. The van der Waals surface area contributed by atoms with Crippen LogP contribution in [0.3, 0.4) is 0 Å². The highest BCUT2D eigenvalue weighted by Crippen LogP contribution is 2.36. The van der Waals surface area contributed by atoms with Crippen LogP contribution in [0.2, 0.25) is 0 Å². The number of carboxylic acid groups (broad SMARTS) is 1. The molecule has 2 N–H and O–H groups in total. The molecule has 31 heavy (non-hydrogen) atoms. The molecular formula is C24H25FN2O4. The summed E-state index contributed by atoms with van der Waals surface area (Å²) in [6, 6.07) is 13.4. The summed E-state index contributed by atoms with van der Waals surface area (Å²) < 4.78 is 19.4. The van der Waals surface area contributed by atoms with Gasteiger partial charge in [0.05, 0.1) is 18.7 Å². The van der Waals surface area contributed by atoms with Crippen LogP contribution in [-0.2, 0) is 16.0 Å². The summed E-state index contributed by atoms with van der Waals surface area (Å²) in [6.45, 7) is 2.53. The van der Waals surface area contributed by atoms with E-state index in [1.54, 1.807) is 17.0 Å². The van der Waals surface area contributed by atoms with Crippen molar-refractivity contribution in [1.82, 2.24) is 10.2 Å². The molecule has 2 heterocycles. The van der Waals surface area contributed by atoms with E-state index < -0.39 is 18.2 Å². The Kier molecular flexibility index (Phi) is 6.04. The number of nitrogens with zero attached hydrogens (tertiary/aromatic N) is 1. The zero-order chi connectivity index (χ0) is 22.0. The molecule has 0 bridgehead atoms. The second-order valence-electron chi connectivity index (χ2n) is 7.84. The molecule has 2 aromatic carbocycles. The molecule has 2 aliphatic rings. The SMILES string of the molecule is CC=C1CO[C@@H](C(=O)N2CCc3ccccc3[C@@H]2c2ccc(F)cc2)C[C@@H]1NC(=O)O. The highest BCUT2D eigenvalue weighted by molar-refractivity contribution is 5.83. The minimum Gasteiger partial charge on any atom is -0.465 e. The van der Waals surface area contributed by atoms with Gasteiger partial charge in [-0.15, -0.1) is 0 Å². The summed E-state index contributed by atoms with van der Waals surface area (Å²) in [7, 11) is 0. The number of hydrogen-bond donors (Lipinski definition) is 2. The van der Waals surface area contributed by atoms with Gasteiger partial charge in [0.1, 0.15) is 11.9 Å². The average molecular weight is 424 g/mol. The highest BCUT2D eigenvalue weighted by atomic mass is 19.1. The van der Waals surface area contributed by atoms with Gasteiger partial charge in [0.25, 0.3) is 5.91 Å². The molecule has 2 aromatic rings. The van der Waals surface area contributed by atoms with Crippen molar-refractivity contribution < 1.29 is 23.8 Å². The molecule has 3 atom stereocenters. The van der Waals surface area contributed by atoms with E-state index in [0.29, 0.717) is 13.0 Å². The summed E-state index contributed by atoms with van der Waals surface area (Å²) >= 11 is 0. The first-order valence-electron chi connectivity index (χ1n) is 10.4. The lowest BCUT2D eigenvalue weighted by atomic mass is 9.87. The predicted molar refractivity (Wildman–Crippen MR) is 113 cm³/mol. The molecule has 1 saturated heterocycles. The van der Waals surface area contributed by atoms with Gasteiger partial charge < -0.3 is 20.1 Å². The summed E-state index contributed by atoms with van der Waals surface area (Å²) in [5.74, 6) is -0.515. The second kappa shape index (κ2) is 8.89. The molecule has 4 rings (SSSR count). The van der Waals surface area contributed by atoms with Gasteiger partial charge in [0.15, 0.2) is 0 Å². The van der Waals surface area contributed by atoms with Gasteiger partial charge in [-0.1, -0.05) is 42.5 Å². The third kappa shape index (κ3) is 4.32. The number of carbonyl (C=O) groups excluding carboxylic acids is 1. The molecule has 6 nitrogen and oxygen atoms in total. The third-order valence-electron chi connectivity index (χ3n) is 6.04. The first-order valence-corrected chi connectivity index (χ1v) is 10.4. The molecule has 0 unspecified atom stereocenters. The molecule has 7 heteroatoms. The number of carbonyl (C=O) groups is 2. The predicted octanol–water partition coefficient (Wildman–Crippen LogP) is 3.67. The molecule has 0 saturated carbocycles. The lowest BCUT2D eigenvalue weighted by Crippen LogP contribution is -2.51. The van der Waals surface area contributed by atoms with E-state index in [1.807, 2.05) is 31.2 Å². The molecule has 162 valence electrons. The van der Waals surface area contributed by atoms with E-state index in [0.717, 1.165) is 22.3 Å². The van der Waals surface area contributed by atoms with E-state index in [1.165, 1.54) is 12.1 Å². The van der Waals surface area contributed by atoms with Gasteiger partial charge in [0, 0.05) is 13.0 Å². The van der Waals surface area contributed by atoms with Crippen LogP contribution in [0, 0.1) is 5.82 Å². The lowest BCUT2D eigenvalue weighted by molar-refractivity contribution is -0.147. The number of amides is 2. The molecule has 0 aliphatic carbocycles. The number of hydrogen-bond acceptors (Lipinski definition) is 3. The fourth-order valence-corrected chi connectivity index (χ4v) is 4.48. The van der Waals surface area contributed by atoms with Gasteiger partial charge in [-0.3, -0.25) is 4.79 Å². The first-order chi connectivity index (χ1) is 15.0. The normalized spacial score (nSPS) is 24.5. The number of fused-ring (bicyclic) bond motifs is 1. The van der Waals surface area contributed by atoms with E-state index in [9.17, 15) is 14.0 Å². The maximum absolute atomic E-state index is 13.6. The summed E-state index contributed by atoms with van der Waals surface area (Å²) in [5, 5.41) is 11.7. The van der Waals surface area contributed by atoms with Crippen LogP contribution in [0.1, 0.15) is 36.1 Å². The van der Waals surface area contributed by atoms with E-state index >= 15 is 0 Å². The third-order valence-corrected chi connectivity index (χ3v) is 6.04. The fraction of sp³-hybridized carbons (Fsp3) is 0.333. The molecule has 1 fully saturated rings. The van der Waals surface area contributed by atoms with Gasteiger partial charge in [-0.25, -0.2) is 9.18 Å². The van der Waals surface area contributed by atoms with Crippen molar-refractivity contribution in [2.45, 2.75) is 38.0 Å². The zero-order valence-corrected chi connectivity index (χ0v) is 17.3. The summed E-state index contributed by atoms with van der Waals surface area (Å²) in [5.41, 5.74) is 3.81. The Morgan fingerprint density at radius 1 is 1.19 bits per heavy atom. The molecule has 2 amide bonds. The molecule has 0 spiro atoms. The molecular weight excluding hydrogens is 399 g/mol. The summed E-state index contributed by atoms with van der Waals surface area (Å²) in [6.07, 6.45) is 0.879. The van der Waals surface area contributed by atoms with Crippen molar-refractivity contribution in [3.63, 3.8) is 0 Å². The highest BCUT2D eigenvalue weighted by Gasteiger charge is 2.39. The number of halogens is 1. The fourth-order valence-electron chi connectivity index (χ4n) is 4.48. The molecule has 2 aliphatic heterocycles.